The molecule has 4 nitrogen and oxygen atoms in total. The Morgan fingerprint density at radius 3 is 2.50 bits per heavy atom. The van der Waals surface area contributed by atoms with Crippen molar-refractivity contribution in [3.8, 4) is 0 Å². The molecule has 1 aromatic carbocycles. The Kier molecular flexibility index (Phi) is 5.77. The number of nitrogens with two attached hydrogens (primary N) is 1. The molecule has 96 valence electrons. The van der Waals surface area contributed by atoms with Crippen LogP contribution in [0.5, 0.6) is 0 Å². The quantitative estimate of drug-likeness (QED) is 0.619. The number of aliphatic imine (C=N–C) groups is 1. The topological polar surface area (TPSA) is 72.5 Å². The van der Waals surface area contributed by atoms with Gasteiger partial charge in [-0.05, 0) is 25.0 Å². The summed E-state index contributed by atoms with van der Waals surface area (Å²) in [6, 6.07) is 6.45. The molecule has 0 radical (unpaired) electrons. The summed E-state index contributed by atoms with van der Waals surface area (Å²) in [5.41, 5.74) is 5.68. The average Bonchev–Trinajstić information content (AvgIpc) is 2.38. The largest absolute Gasteiger partial charge is 0.366 e. The van der Waals surface area contributed by atoms with E-state index in [1.165, 1.54) is 6.07 Å². The smallest absolute Gasteiger partial charge is 0.277 e. The van der Waals surface area contributed by atoms with E-state index in [2.05, 4.69) is 11.9 Å². The number of hydrogen-bond acceptors (Lipinski definition) is 2. The number of nitrogens with zero attached hydrogens (tertiary/aromatic N) is 1. The van der Waals surface area contributed by atoms with E-state index in [0.29, 0.717) is 0 Å². The van der Waals surface area contributed by atoms with Crippen LogP contribution in [0.25, 0.3) is 0 Å². The minimum atomic E-state index is -0.611. The molecule has 4 heteroatoms. The third-order valence-electron chi connectivity index (χ3n) is 2.57. The Labute approximate surface area is 107 Å². The minimum Gasteiger partial charge on any atom is -0.366 e. The Bertz CT molecular complexity index is 453. The summed E-state index contributed by atoms with van der Waals surface area (Å²) in [5.74, 6) is -1.03. The van der Waals surface area contributed by atoms with E-state index in [1.54, 1.807) is 24.4 Å². The molecular weight excluding hydrogens is 228 g/mol. The second kappa shape index (κ2) is 7.37. The highest BCUT2D eigenvalue weighted by Crippen LogP contribution is 2.09. The zero-order valence-electron chi connectivity index (χ0n) is 10.6. The summed E-state index contributed by atoms with van der Waals surface area (Å²) < 4.78 is 0. The highest BCUT2D eigenvalue weighted by molar-refractivity contribution is 6.08. The van der Waals surface area contributed by atoms with Crippen molar-refractivity contribution in [3.63, 3.8) is 0 Å². The number of carbonyl (C=O) groups is 2. The molecule has 0 saturated heterocycles. The first-order chi connectivity index (χ1) is 8.66. The summed E-state index contributed by atoms with van der Waals surface area (Å²) in [7, 11) is 0. The maximum Gasteiger partial charge on any atom is 0.277 e. The minimum absolute atomic E-state index is 0.216. The second-order valence-corrected chi connectivity index (χ2v) is 4.02. The molecule has 0 aliphatic carbocycles. The molecule has 0 fully saturated rings. The monoisotopic (exact) mass is 246 g/mol. The zero-order chi connectivity index (χ0) is 13.4. The molecule has 0 bridgehead atoms. The highest BCUT2D eigenvalue weighted by atomic mass is 16.2. The lowest BCUT2D eigenvalue weighted by molar-refractivity contribution is 0.0969. The van der Waals surface area contributed by atoms with E-state index in [4.69, 9.17) is 5.73 Å². The van der Waals surface area contributed by atoms with Crippen molar-refractivity contribution in [1.82, 2.24) is 0 Å². The fourth-order valence-electron chi connectivity index (χ4n) is 1.59. The van der Waals surface area contributed by atoms with Gasteiger partial charge < -0.3 is 5.73 Å². The number of rotatable bonds is 6. The molecular formula is C14H18N2O2. The van der Waals surface area contributed by atoms with Gasteiger partial charge >= 0.3 is 0 Å². The van der Waals surface area contributed by atoms with Crippen LogP contribution in [0.3, 0.4) is 0 Å². The number of benzene rings is 1. The SMILES string of the molecule is CCCCCC=NC(=O)c1ccccc1C(N)=O. The van der Waals surface area contributed by atoms with Crippen molar-refractivity contribution in [2.24, 2.45) is 10.7 Å². The summed E-state index contributed by atoms with van der Waals surface area (Å²) >= 11 is 0. The van der Waals surface area contributed by atoms with E-state index in [-0.39, 0.29) is 11.1 Å². The van der Waals surface area contributed by atoms with Gasteiger partial charge in [-0.2, -0.15) is 0 Å². The molecule has 0 aliphatic rings. The lowest BCUT2D eigenvalue weighted by atomic mass is 10.1. The van der Waals surface area contributed by atoms with Crippen LogP contribution in [0, 0.1) is 0 Å². The molecule has 0 atom stereocenters. The van der Waals surface area contributed by atoms with E-state index < -0.39 is 11.8 Å². The van der Waals surface area contributed by atoms with Crippen LogP contribution in [0.1, 0.15) is 53.3 Å². The van der Waals surface area contributed by atoms with Crippen molar-refractivity contribution in [2.75, 3.05) is 0 Å². The standard InChI is InChI=1S/C14H18N2O2/c1-2-3-4-7-10-16-14(18)12-9-6-5-8-11(12)13(15)17/h5-6,8-10H,2-4,7H2,1H3,(H2,15,17). The fourth-order valence-corrected chi connectivity index (χ4v) is 1.59. The van der Waals surface area contributed by atoms with Crippen molar-refractivity contribution in [3.05, 3.63) is 35.4 Å². The van der Waals surface area contributed by atoms with Gasteiger partial charge in [-0.1, -0.05) is 31.9 Å². The lowest BCUT2D eigenvalue weighted by Gasteiger charge is -2.01. The number of carbonyl (C=O) groups excluding carboxylic acids is 2. The second-order valence-electron chi connectivity index (χ2n) is 4.02. The van der Waals surface area contributed by atoms with Crippen LogP contribution in [-0.4, -0.2) is 18.0 Å². The van der Waals surface area contributed by atoms with Gasteiger partial charge in [0.2, 0.25) is 5.91 Å². The maximum absolute atomic E-state index is 11.8. The summed E-state index contributed by atoms with van der Waals surface area (Å²) in [4.78, 5) is 26.8. The molecule has 2 N–H and O–H groups in total. The summed E-state index contributed by atoms with van der Waals surface area (Å²) in [6.07, 6.45) is 5.66. The van der Waals surface area contributed by atoms with Gasteiger partial charge in [0, 0.05) is 6.21 Å². The third kappa shape index (κ3) is 4.13. The molecule has 0 aliphatic heterocycles. The molecule has 0 heterocycles. The first kappa shape index (κ1) is 14.1. The van der Waals surface area contributed by atoms with E-state index in [1.807, 2.05) is 0 Å². The molecule has 0 unspecified atom stereocenters. The Morgan fingerprint density at radius 2 is 1.89 bits per heavy atom. The molecule has 1 rings (SSSR count). The van der Waals surface area contributed by atoms with E-state index >= 15 is 0 Å². The molecule has 0 saturated carbocycles. The van der Waals surface area contributed by atoms with E-state index in [9.17, 15) is 9.59 Å². The molecule has 1 aromatic rings. The van der Waals surface area contributed by atoms with Crippen LogP contribution in [0.15, 0.2) is 29.3 Å². The maximum atomic E-state index is 11.8. The highest BCUT2D eigenvalue weighted by Gasteiger charge is 2.12. The first-order valence-corrected chi connectivity index (χ1v) is 6.12. The summed E-state index contributed by atoms with van der Waals surface area (Å²) in [5, 5.41) is 0. The van der Waals surface area contributed by atoms with E-state index in [0.717, 1.165) is 25.7 Å². The van der Waals surface area contributed by atoms with Crippen LogP contribution in [-0.2, 0) is 0 Å². The normalized spacial score (nSPS) is 10.7. The molecule has 0 spiro atoms. The van der Waals surface area contributed by atoms with Gasteiger partial charge in [0.15, 0.2) is 0 Å². The van der Waals surface area contributed by atoms with Crippen molar-refractivity contribution >= 4 is 18.0 Å². The predicted molar refractivity (Wildman–Crippen MR) is 71.9 cm³/mol. The number of unbranched alkanes of at least 4 members (excludes halogenated alkanes) is 3. The van der Waals surface area contributed by atoms with Crippen molar-refractivity contribution in [2.45, 2.75) is 32.6 Å². The Hall–Kier alpha value is -1.97. The predicted octanol–water partition coefficient (Wildman–Crippen LogP) is 2.58. The molecule has 2 amide bonds. The lowest BCUT2D eigenvalue weighted by Crippen LogP contribution is -2.15. The van der Waals surface area contributed by atoms with Gasteiger partial charge in [0.05, 0.1) is 11.1 Å². The zero-order valence-corrected chi connectivity index (χ0v) is 10.6. The van der Waals surface area contributed by atoms with Gasteiger partial charge in [-0.15, -0.1) is 0 Å². The van der Waals surface area contributed by atoms with Crippen LogP contribution < -0.4 is 5.73 Å². The summed E-state index contributed by atoms with van der Waals surface area (Å²) in [6.45, 7) is 2.12. The van der Waals surface area contributed by atoms with Gasteiger partial charge in [0.25, 0.3) is 5.91 Å². The van der Waals surface area contributed by atoms with Crippen molar-refractivity contribution in [1.29, 1.82) is 0 Å². The van der Waals surface area contributed by atoms with Gasteiger partial charge in [0.1, 0.15) is 0 Å². The molecule has 0 aromatic heterocycles. The Balaban J connectivity index is 2.69. The van der Waals surface area contributed by atoms with Gasteiger partial charge in [-0.25, -0.2) is 4.99 Å². The fraction of sp³-hybridized carbons (Fsp3) is 0.357. The van der Waals surface area contributed by atoms with Crippen LogP contribution in [0.2, 0.25) is 0 Å². The van der Waals surface area contributed by atoms with Crippen LogP contribution >= 0.6 is 0 Å². The first-order valence-electron chi connectivity index (χ1n) is 6.12. The number of hydrogen-bond donors (Lipinski definition) is 1. The third-order valence-corrected chi connectivity index (χ3v) is 2.57. The average molecular weight is 246 g/mol. The number of amides is 2. The van der Waals surface area contributed by atoms with Crippen LogP contribution in [0.4, 0.5) is 0 Å². The Morgan fingerprint density at radius 1 is 1.22 bits per heavy atom. The number of primary amides is 1. The molecule has 18 heavy (non-hydrogen) atoms. The van der Waals surface area contributed by atoms with Gasteiger partial charge in [-0.3, -0.25) is 9.59 Å². The van der Waals surface area contributed by atoms with Crippen molar-refractivity contribution < 1.29 is 9.59 Å².